The van der Waals surface area contributed by atoms with E-state index in [-0.39, 0.29) is 32.2 Å². The molecule has 0 saturated carbocycles. The van der Waals surface area contributed by atoms with Crippen molar-refractivity contribution in [2.75, 3.05) is 0 Å². The standard InChI is InChI=1S/C17H13.C10H15.C6H5.CH3.CH2.2ClH.Zr/c1-3-12-5-7-14-11-15-8-6-13(4-2)10-17(15)16(14)9-12;1-8-5-6-9(7-8)10(2,3)4;1-2-4-6-5-3-1;;;;;/h3-7,9-10H,1-2,11H2;6-8H,1-4H3;1-5H;1H3;1H2;2*1H;/q4*-1;;;;. The van der Waals surface area contributed by atoms with E-state index in [4.69, 9.17) is 0 Å². The number of allylic oxidation sites excluding steroid dienone is 4. The fourth-order valence-electron chi connectivity index (χ4n) is 3.76. The Morgan fingerprint density at radius 2 is 1.53 bits per heavy atom. The third-order valence-electron chi connectivity index (χ3n) is 5.72. The van der Waals surface area contributed by atoms with Crippen LogP contribution < -0.4 is 0 Å². The van der Waals surface area contributed by atoms with Crippen LogP contribution >= 0.6 is 24.8 Å². The van der Waals surface area contributed by atoms with Crippen molar-refractivity contribution in [3.05, 3.63) is 139 Å². The van der Waals surface area contributed by atoms with Crippen LogP contribution in [0.15, 0.2) is 91.5 Å². The Labute approximate surface area is 259 Å². The number of rotatable bonds is 2. The summed E-state index contributed by atoms with van der Waals surface area (Å²) >= 11 is 1.30. The molecule has 0 aliphatic heterocycles. The first-order valence-corrected chi connectivity index (χ1v) is 13.6. The molecule has 1 unspecified atom stereocenters. The van der Waals surface area contributed by atoms with Gasteiger partial charge in [-0.25, -0.2) is 6.08 Å². The Hall–Kier alpha value is -2.05. The van der Waals surface area contributed by atoms with Crippen LogP contribution in [-0.4, -0.2) is 4.21 Å². The predicted molar refractivity (Wildman–Crippen MR) is 172 cm³/mol. The maximum atomic E-state index is 3.82. The summed E-state index contributed by atoms with van der Waals surface area (Å²) in [5.41, 5.74) is 9.28. The molecule has 38 heavy (non-hydrogen) atoms. The number of fused-ring (bicyclic) bond motifs is 3. The van der Waals surface area contributed by atoms with E-state index in [1.54, 1.807) is 0 Å². The van der Waals surface area contributed by atoms with Crippen molar-refractivity contribution in [2.24, 2.45) is 11.3 Å². The van der Waals surface area contributed by atoms with Gasteiger partial charge in [0.25, 0.3) is 0 Å². The molecule has 202 valence electrons. The molecule has 0 heterocycles. The van der Waals surface area contributed by atoms with E-state index in [0.29, 0.717) is 11.3 Å². The first kappa shape index (κ1) is 38.1. The van der Waals surface area contributed by atoms with Crippen molar-refractivity contribution in [3.8, 4) is 11.1 Å². The van der Waals surface area contributed by atoms with Gasteiger partial charge in [-0.3, -0.25) is 6.08 Å². The summed E-state index contributed by atoms with van der Waals surface area (Å²) in [6, 6.07) is 26.6. The minimum absolute atomic E-state index is 0. The number of benzene rings is 3. The molecule has 0 fully saturated rings. The van der Waals surface area contributed by atoms with Crippen LogP contribution in [0.25, 0.3) is 23.3 Å². The molecule has 0 nitrogen and oxygen atoms in total. The monoisotopic (exact) mass is 620 g/mol. The average Bonchev–Trinajstić information content (AvgIpc) is 3.49. The zero-order chi connectivity index (χ0) is 25.8. The van der Waals surface area contributed by atoms with E-state index < -0.39 is 0 Å². The van der Waals surface area contributed by atoms with Crippen molar-refractivity contribution in [1.82, 2.24) is 0 Å². The van der Waals surface area contributed by atoms with Gasteiger partial charge in [-0.1, -0.05) is 81.0 Å². The average molecular weight is 623 g/mol. The molecule has 0 amide bonds. The van der Waals surface area contributed by atoms with Crippen LogP contribution in [0.3, 0.4) is 0 Å². The fraction of sp³-hybridized carbons (Fsp3) is 0.200. The molecule has 0 bridgehead atoms. The van der Waals surface area contributed by atoms with Crippen LogP contribution in [0.5, 0.6) is 0 Å². The normalized spacial score (nSPS) is 13.2. The van der Waals surface area contributed by atoms with Crippen molar-refractivity contribution in [2.45, 2.75) is 34.1 Å². The van der Waals surface area contributed by atoms with Crippen LogP contribution in [-0.2, 0) is 30.7 Å². The summed E-state index contributed by atoms with van der Waals surface area (Å²) in [5.74, 6) is 0.522. The maximum absolute atomic E-state index is 3.82. The second-order valence-electron chi connectivity index (χ2n) is 9.38. The largest absolute Gasteiger partial charge is 0.358 e. The van der Waals surface area contributed by atoms with Gasteiger partial charge in [-0.2, -0.15) is 71.8 Å². The zero-order valence-corrected chi connectivity index (χ0v) is 27.4. The molecule has 3 aromatic rings. The Morgan fingerprint density at radius 1 is 0.921 bits per heavy atom. The summed E-state index contributed by atoms with van der Waals surface area (Å²) in [6.45, 7) is 16.5. The van der Waals surface area contributed by atoms with Gasteiger partial charge in [0.05, 0.1) is 0 Å². The van der Waals surface area contributed by atoms with Crippen molar-refractivity contribution in [3.63, 3.8) is 0 Å². The molecule has 0 spiro atoms. The van der Waals surface area contributed by atoms with Gasteiger partial charge >= 0.3 is 28.4 Å². The van der Waals surface area contributed by atoms with E-state index in [0.717, 1.165) is 12.0 Å². The van der Waals surface area contributed by atoms with Gasteiger partial charge in [0.15, 0.2) is 0 Å². The molecule has 2 aliphatic carbocycles. The van der Waals surface area contributed by atoms with Crippen LogP contribution in [0, 0.1) is 37.0 Å². The summed E-state index contributed by atoms with van der Waals surface area (Å²) in [7, 11) is 0. The second kappa shape index (κ2) is 19.1. The Morgan fingerprint density at radius 3 is 1.95 bits per heavy atom. The zero-order valence-electron chi connectivity index (χ0n) is 23.3. The molecular weight excluding hydrogens is 583 g/mol. The first-order chi connectivity index (χ1) is 16.8. The summed E-state index contributed by atoms with van der Waals surface area (Å²) in [4.78, 5) is 0. The van der Waals surface area contributed by atoms with E-state index in [2.05, 4.69) is 99.7 Å². The Bertz CT molecular complexity index is 1100. The molecule has 5 rings (SSSR count). The summed E-state index contributed by atoms with van der Waals surface area (Å²) in [5, 5.41) is 0. The van der Waals surface area contributed by atoms with Gasteiger partial charge in [-0.15, -0.1) is 48.6 Å². The molecular formula is C35H40Cl2Zr-4. The quantitative estimate of drug-likeness (QED) is 0.195. The predicted octanol–water partition coefficient (Wildman–Crippen LogP) is 10.1. The summed E-state index contributed by atoms with van der Waals surface area (Å²) < 4.78 is 3.34. The van der Waals surface area contributed by atoms with Crippen molar-refractivity contribution < 1.29 is 24.2 Å². The number of halogens is 2. The van der Waals surface area contributed by atoms with Gasteiger partial charge in [0.1, 0.15) is 0 Å². The van der Waals surface area contributed by atoms with Gasteiger partial charge in [-0.05, 0) is 12.0 Å². The molecule has 1 atom stereocenters. The van der Waals surface area contributed by atoms with Crippen LogP contribution in [0.4, 0.5) is 0 Å². The van der Waals surface area contributed by atoms with Crippen LogP contribution in [0.1, 0.15) is 49.9 Å². The molecule has 3 heteroatoms. The molecule has 0 saturated heterocycles. The first-order valence-electron chi connectivity index (χ1n) is 11.8. The van der Waals surface area contributed by atoms with E-state index in [1.807, 2.05) is 48.6 Å². The SMILES string of the molecule is C=Cc1c[c-]c2c(c1)-c1cc(C=C)ccc1C2.CC1[C-]=CC(C(C)(C)C)=C1.Cl.Cl.[CH2]=[Zr].[CH3-].[c-]1ccccc1. The smallest absolute Gasteiger partial charge is 0.171 e. The summed E-state index contributed by atoms with van der Waals surface area (Å²) in [6.07, 6.45) is 12.4. The van der Waals surface area contributed by atoms with Gasteiger partial charge in [0.2, 0.25) is 0 Å². The van der Waals surface area contributed by atoms with E-state index >= 15 is 0 Å². The number of hydrogen-bond acceptors (Lipinski definition) is 0. The van der Waals surface area contributed by atoms with Crippen molar-refractivity contribution in [1.29, 1.82) is 0 Å². The van der Waals surface area contributed by atoms with E-state index in [9.17, 15) is 0 Å². The third-order valence-corrected chi connectivity index (χ3v) is 5.72. The van der Waals surface area contributed by atoms with E-state index in [1.165, 1.54) is 57.6 Å². The Balaban J connectivity index is 0. The third kappa shape index (κ3) is 11.4. The minimum atomic E-state index is 0. The second-order valence-corrected chi connectivity index (χ2v) is 9.38. The Kier molecular flexibility index (Phi) is 19.1. The van der Waals surface area contributed by atoms with Crippen molar-refractivity contribution >= 4 is 41.2 Å². The molecule has 0 radical (unpaired) electrons. The topological polar surface area (TPSA) is 0 Å². The number of hydrogen-bond donors (Lipinski definition) is 0. The van der Waals surface area contributed by atoms with Gasteiger partial charge in [0, 0.05) is 0 Å². The van der Waals surface area contributed by atoms with Gasteiger partial charge < -0.3 is 7.43 Å². The van der Waals surface area contributed by atoms with Crippen LogP contribution in [0.2, 0.25) is 0 Å². The fourth-order valence-corrected chi connectivity index (χ4v) is 3.76. The minimum Gasteiger partial charge on any atom is -0.358 e. The molecule has 2 aliphatic rings. The molecule has 3 aromatic carbocycles. The molecule has 0 aromatic heterocycles. The molecule has 0 N–H and O–H groups in total. The maximum Gasteiger partial charge on any atom is -0.171 e.